The normalized spacial score (nSPS) is 10.9. The van der Waals surface area contributed by atoms with E-state index in [2.05, 4.69) is 44.2 Å². The molecule has 0 saturated carbocycles. The van der Waals surface area contributed by atoms with Crippen molar-refractivity contribution < 1.29 is 0 Å². The second kappa shape index (κ2) is 7.50. The second-order valence-corrected chi connectivity index (χ2v) is 4.47. The molecule has 0 fully saturated rings. The predicted octanol–water partition coefficient (Wildman–Crippen LogP) is 4.84. The van der Waals surface area contributed by atoms with E-state index in [1.54, 1.807) is 0 Å². The zero-order valence-electron chi connectivity index (χ0n) is 10.2. The highest BCUT2D eigenvalue weighted by molar-refractivity contribution is 5.14. The van der Waals surface area contributed by atoms with E-state index in [4.69, 9.17) is 0 Å². The predicted molar refractivity (Wildman–Crippen MR) is 68.1 cm³/mol. The maximum absolute atomic E-state index is 2.30. The van der Waals surface area contributed by atoms with Gasteiger partial charge in [0.05, 0.1) is 0 Å². The molecule has 0 saturated heterocycles. The molecular weight excluding hydrogens is 180 g/mol. The van der Waals surface area contributed by atoms with Gasteiger partial charge in [-0.2, -0.15) is 0 Å². The van der Waals surface area contributed by atoms with Crippen LogP contribution in [0.25, 0.3) is 0 Å². The first-order valence-corrected chi connectivity index (χ1v) is 6.40. The van der Waals surface area contributed by atoms with Gasteiger partial charge in [-0.25, -0.2) is 0 Å². The summed E-state index contributed by atoms with van der Waals surface area (Å²) in [5.41, 5.74) is 1.50. The highest BCUT2D eigenvalue weighted by Crippen LogP contribution is 2.19. The number of hydrogen-bond acceptors (Lipinski definition) is 0. The van der Waals surface area contributed by atoms with Gasteiger partial charge in [0.2, 0.25) is 0 Å². The average molecular weight is 204 g/mol. The third-order valence-corrected chi connectivity index (χ3v) is 3.08. The van der Waals surface area contributed by atoms with Gasteiger partial charge in [0.15, 0.2) is 0 Å². The molecule has 0 spiro atoms. The molecule has 0 nitrogen and oxygen atoms in total. The minimum Gasteiger partial charge on any atom is -0.0654 e. The highest BCUT2D eigenvalue weighted by atomic mass is 14.1. The zero-order chi connectivity index (χ0) is 10.9. The first-order chi connectivity index (χ1) is 7.36. The molecule has 1 rings (SSSR count). The largest absolute Gasteiger partial charge is 0.0654 e. The summed E-state index contributed by atoms with van der Waals surface area (Å²) in [4.78, 5) is 0. The Balaban J connectivity index is 2.33. The summed E-state index contributed by atoms with van der Waals surface area (Å²) >= 11 is 0. The summed E-state index contributed by atoms with van der Waals surface area (Å²) in [5.74, 6) is 0.945. The van der Waals surface area contributed by atoms with Crippen LogP contribution >= 0.6 is 0 Å². The molecular formula is C15H24. The van der Waals surface area contributed by atoms with E-state index in [0.717, 1.165) is 5.92 Å². The van der Waals surface area contributed by atoms with Crippen molar-refractivity contribution in [2.45, 2.75) is 52.4 Å². The van der Waals surface area contributed by atoms with E-state index in [-0.39, 0.29) is 0 Å². The fourth-order valence-corrected chi connectivity index (χ4v) is 2.26. The summed E-state index contributed by atoms with van der Waals surface area (Å²) < 4.78 is 0. The van der Waals surface area contributed by atoms with Crippen LogP contribution in [0.4, 0.5) is 0 Å². The first kappa shape index (κ1) is 12.3. The molecule has 0 atom stereocenters. The van der Waals surface area contributed by atoms with E-state index in [9.17, 15) is 0 Å². The fraction of sp³-hybridized carbons (Fsp3) is 0.600. The summed E-state index contributed by atoms with van der Waals surface area (Å²) in [6.07, 6.45) is 8.09. The van der Waals surface area contributed by atoms with Crippen LogP contribution in [0.2, 0.25) is 0 Å². The average Bonchev–Trinajstić information content (AvgIpc) is 2.28. The van der Waals surface area contributed by atoms with E-state index < -0.39 is 0 Å². The van der Waals surface area contributed by atoms with E-state index in [0.29, 0.717) is 0 Å². The van der Waals surface area contributed by atoms with E-state index in [1.807, 2.05) is 0 Å². The molecule has 0 heteroatoms. The Kier molecular flexibility index (Phi) is 6.15. The van der Waals surface area contributed by atoms with Crippen LogP contribution in [0.5, 0.6) is 0 Å². The van der Waals surface area contributed by atoms with Gasteiger partial charge in [-0.3, -0.25) is 0 Å². The lowest BCUT2D eigenvalue weighted by Gasteiger charge is -2.14. The third-order valence-electron chi connectivity index (χ3n) is 3.08. The lowest BCUT2D eigenvalue weighted by atomic mass is 9.91. The maximum atomic E-state index is 2.30. The molecule has 0 N–H and O–H groups in total. The van der Waals surface area contributed by atoms with Gasteiger partial charge in [0.25, 0.3) is 0 Å². The first-order valence-electron chi connectivity index (χ1n) is 6.40. The molecule has 0 aromatic heterocycles. The van der Waals surface area contributed by atoms with Crippen molar-refractivity contribution >= 4 is 0 Å². The Bertz CT molecular complexity index is 231. The lowest BCUT2D eigenvalue weighted by Crippen LogP contribution is -2.01. The summed E-state index contributed by atoms with van der Waals surface area (Å²) in [7, 11) is 0. The van der Waals surface area contributed by atoms with Crippen LogP contribution in [0.15, 0.2) is 30.3 Å². The van der Waals surface area contributed by atoms with Crippen LogP contribution in [0.3, 0.4) is 0 Å². The van der Waals surface area contributed by atoms with Gasteiger partial charge in [0.1, 0.15) is 0 Å². The van der Waals surface area contributed by atoms with Crippen LogP contribution < -0.4 is 0 Å². The van der Waals surface area contributed by atoms with Gasteiger partial charge in [-0.1, -0.05) is 69.9 Å². The molecule has 15 heavy (non-hydrogen) atoms. The molecule has 0 aliphatic carbocycles. The second-order valence-electron chi connectivity index (χ2n) is 4.47. The van der Waals surface area contributed by atoms with Crippen molar-refractivity contribution in [2.24, 2.45) is 5.92 Å². The maximum Gasteiger partial charge on any atom is -0.0276 e. The number of rotatable bonds is 7. The van der Waals surface area contributed by atoms with Gasteiger partial charge in [0, 0.05) is 0 Å². The van der Waals surface area contributed by atoms with Crippen molar-refractivity contribution in [2.75, 3.05) is 0 Å². The van der Waals surface area contributed by atoms with Gasteiger partial charge in [-0.15, -0.1) is 0 Å². The van der Waals surface area contributed by atoms with E-state index in [1.165, 1.54) is 44.1 Å². The Hall–Kier alpha value is -0.780. The van der Waals surface area contributed by atoms with Gasteiger partial charge in [-0.05, 0) is 24.3 Å². The molecule has 1 aromatic carbocycles. The Morgan fingerprint density at radius 2 is 1.47 bits per heavy atom. The van der Waals surface area contributed by atoms with Gasteiger partial charge >= 0.3 is 0 Å². The fourth-order valence-electron chi connectivity index (χ4n) is 2.26. The monoisotopic (exact) mass is 204 g/mol. The number of benzene rings is 1. The number of aryl methyl sites for hydroxylation is 1. The Morgan fingerprint density at radius 3 is 2.00 bits per heavy atom. The molecule has 1 aromatic rings. The quantitative estimate of drug-likeness (QED) is 0.596. The van der Waals surface area contributed by atoms with Gasteiger partial charge < -0.3 is 0 Å². The lowest BCUT2D eigenvalue weighted by molar-refractivity contribution is 0.411. The van der Waals surface area contributed by atoms with Crippen molar-refractivity contribution in [1.29, 1.82) is 0 Å². The van der Waals surface area contributed by atoms with E-state index >= 15 is 0 Å². The SMILES string of the molecule is CCCC(CCC)CCc1ccccc1. The van der Waals surface area contributed by atoms with Crippen molar-refractivity contribution in [1.82, 2.24) is 0 Å². The molecule has 0 aliphatic rings. The minimum absolute atomic E-state index is 0.945. The van der Waals surface area contributed by atoms with Crippen LogP contribution in [-0.2, 0) is 6.42 Å². The summed E-state index contributed by atoms with van der Waals surface area (Å²) in [6, 6.07) is 10.9. The zero-order valence-corrected chi connectivity index (χ0v) is 10.2. The molecule has 84 valence electrons. The Morgan fingerprint density at radius 1 is 0.867 bits per heavy atom. The molecule has 0 aliphatic heterocycles. The molecule has 0 unspecified atom stereocenters. The van der Waals surface area contributed by atoms with Crippen LogP contribution in [0, 0.1) is 5.92 Å². The van der Waals surface area contributed by atoms with Crippen LogP contribution in [-0.4, -0.2) is 0 Å². The topological polar surface area (TPSA) is 0 Å². The molecule has 0 bridgehead atoms. The molecule has 0 heterocycles. The smallest absolute Gasteiger partial charge is 0.0276 e. The summed E-state index contributed by atoms with van der Waals surface area (Å²) in [6.45, 7) is 4.59. The number of hydrogen-bond donors (Lipinski definition) is 0. The highest BCUT2D eigenvalue weighted by Gasteiger charge is 2.06. The molecule has 0 radical (unpaired) electrons. The van der Waals surface area contributed by atoms with Crippen LogP contribution in [0.1, 0.15) is 51.5 Å². The molecule has 0 amide bonds. The standard InChI is InChI=1S/C15H24/c1-3-8-14(9-4-2)12-13-15-10-6-5-7-11-15/h5-7,10-11,14H,3-4,8-9,12-13H2,1-2H3. The minimum atomic E-state index is 0.945. The van der Waals surface area contributed by atoms with Crippen molar-refractivity contribution in [3.63, 3.8) is 0 Å². The van der Waals surface area contributed by atoms with Crippen molar-refractivity contribution in [3.05, 3.63) is 35.9 Å². The summed E-state index contributed by atoms with van der Waals surface area (Å²) in [5, 5.41) is 0. The Labute approximate surface area is 94.7 Å². The third kappa shape index (κ3) is 5.01. The van der Waals surface area contributed by atoms with Crippen molar-refractivity contribution in [3.8, 4) is 0 Å².